The van der Waals surface area contributed by atoms with Crippen molar-refractivity contribution >= 4 is 22.8 Å². The Kier molecular flexibility index (Phi) is 5.55. The number of carbonyl (C=O) groups excluding carboxylic acids is 2. The van der Waals surface area contributed by atoms with Gasteiger partial charge in [0, 0.05) is 30.6 Å². The standard InChI is InChI=1S/C19H21NO6/c1-13-6-8-20(9-7-13)17(21)11-25-19(23)12-24-15-4-2-14-3-5-18(22)26-16(14)10-15/h2-5,10,13H,6-9,11-12H2,1H3. The van der Waals surface area contributed by atoms with E-state index in [9.17, 15) is 14.4 Å². The monoisotopic (exact) mass is 359 g/mol. The summed E-state index contributed by atoms with van der Waals surface area (Å²) in [7, 11) is 0. The summed E-state index contributed by atoms with van der Waals surface area (Å²) in [6.07, 6.45) is 1.95. The second-order valence-electron chi connectivity index (χ2n) is 6.47. The zero-order valence-corrected chi connectivity index (χ0v) is 14.6. The van der Waals surface area contributed by atoms with Gasteiger partial charge in [0.05, 0.1) is 0 Å². The molecule has 1 aliphatic rings. The number of hydrogen-bond donors (Lipinski definition) is 0. The van der Waals surface area contributed by atoms with Crippen LogP contribution in [0.25, 0.3) is 11.0 Å². The second-order valence-corrected chi connectivity index (χ2v) is 6.47. The topological polar surface area (TPSA) is 86.0 Å². The van der Waals surface area contributed by atoms with Crippen molar-refractivity contribution in [2.75, 3.05) is 26.3 Å². The highest BCUT2D eigenvalue weighted by Gasteiger charge is 2.21. The molecule has 7 nitrogen and oxygen atoms in total. The van der Waals surface area contributed by atoms with Gasteiger partial charge in [-0.15, -0.1) is 0 Å². The Labute approximate surface area is 150 Å². The van der Waals surface area contributed by atoms with E-state index in [-0.39, 0.29) is 19.1 Å². The van der Waals surface area contributed by atoms with Gasteiger partial charge in [-0.05, 0) is 37.0 Å². The third-order valence-corrected chi connectivity index (χ3v) is 4.44. The molecule has 3 rings (SSSR count). The average Bonchev–Trinajstić information content (AvgIpc) is 2.64. The van der Waals surface area contributed by atoms with Crippen LogP contribution in [-0.4, -0.2) is 43.1 Å². The van der Waals surface area contributed by atoms with Crippen LogP contribution in [0.1, 0.15) is 19.8 Å². The smallest absolute Gasteiger partial charge is 0.344 e. The van der Waals surface area contributed by atoms with Crippen molar-refractivity contribution in [2.45, 2.75) is 19.8 Å². The Hall–Kier alpha value is -2.83. The van der Waals surface area contributed by atoms with E-state index in [0.29, 0.717) is 30.3 Å². The minimum absolute atomic E-state index is 0.183. The van der Waals surface area contributed by atoms with Crippen LogP contribution in [-0.2, 0) is 14.3 Å². The van der Waals surface area contributed by atoms with Crippen LogP contribution in [0.2, 0.25) is 0 Å². The number of piperidine rings is 1. The van der Waals surface area contributed by atoms with Crippen molar-refractivity contribution < 1.29 is 23.5 Å². The number of rotatable bonds is 5. The molecule has 0 radical (unpaired) electrons. The van der Waals surface area contributed by atoms with Crippen molar-refractivity contribution in [1.82, 2.24) is 4.90 Å². The number of ether oxygens (including phenoxy) is 2. The summed E-state index contributed by atoms with van der Waals surface area (Å²) in [4.78, 5) is 36.8. The largest absolute Gasteiger partial charge is 0.482 e. The van der Waals surface area contributed by atoms with Gasteiger partial charge in [-0.2, -0.15) is 0 Å². The highest BCUT2D eigenvalue weighted by atomic mass is 16.6. The Bertz CT molecular complexity index is 850. The Morgan fingerprint density at radius 1 is 1.15 bits per heavy atom. The van der Waals surface area contributed by atoms with Crippen molar-refractivity contribution in [3.63, 3.8) is 0 Å². The maximum Gasteiger partial charge on any atom is 0.344 e. The molecule has 2 aromatic rings. The average molecular weight is 359 g/mol. The number of carbonyl (C=O) groups is 2. The molecule has 7 heteroatoms. The summed E-state index contributed by atoms with van der Waals surface area (Å²) in [6, 6.07) is 7.89. The van der Waals surface area contributed by atoms with Crippen molar-refractivity contribution in [3.05, 3.63) is 40.8 Å². The van der Waals surface area contributed by atoms with Gasteiger partial charge in [0.15, 0.2) is 13.2 Å². The molecule has 1 aliphatic heterocycles. The summed E-state index contributed by atoms with van der Waals surface area (Å²) in [5.41, 5.74) is -0.0856. The molecule has 0 saturated carbocycles. The lowest BCUT2D eigenvalue weighted by molar-refractivity contribution is -0.154. The van der Waals surface area contributed by atoms with Gasteiger partial charge in [0.2, 0.25) is 0 Å². The third-order valence-electron chi connectivity index (χ3n) is 4.44. The van der Waals surface area contributed by atoms with E-state index in [1.165, 1.54) is 12.1 Å². The van der Waals surface area contributed by atoms with E-state index in [2.05, 4.69) is 6.92 Å². The quantitative estimate of drug-likeness (QED) is 0.599. The summed E-state index contributed by atoms with van der Waals surface area (Å²) < 4.78 is 15.4. The van der Waals surface area contributed by atoms with E-state index >= 15 is 0 Å². The van der Waals surface area contributed by atoms with Crippen LogP contribution >= 0.6 is 0 Å². The predicted octanol–water partition coefficient (Wildman–Crippen LogP) is 1.97. The number of fused-ring (bicyclic) bond motifs is 1. The zero-order valence-electron chi connectivity index (χ0n) is 14.6. The third kappa shape index (κ3) is 4.62. The molecular formula is C19H21NO6. The van der Waals surface area contributed by atoms with E-state index in [0.717, 1.165) is 18.2 Å². The van der Waals surface area contributed by atoms with Gasteiger partial charge < -0.3 is 18.8 Å². The normalized spacial score (nSPS) is 15.0. The molecule has 0 bridgehead atoms. The van der Waals surface area contributed by atoms with Crippen LogP contribution < -0.4 is 10.4 Å². The molecule has 1 aromatic carbocycles. The van der Waals surface area contributed by atoms with Gasteiger partial charge in [-0.3, -0.25) is 4.79 Å². The van der Waals surface area contributed by atoms with Crippen molar-refractivity contribution in [2.24, 2.45) is 5.92 Å². The first-order valence-corrected chi connectivity index (χ1v) is 8.61. The molecule has 138 valence electrons. The number of esters is 1. The molecule has 0 N–H and O–H groups in total. The number of hydrogen-bond acceptors (Lipinski definition) is 6. The van der Waals surface area contributed by atoms with Gasteiger partial charge in [0.25, 0.3) is 5.91 Å². The number of likely N-dealkylation sites (tertiary alicyclic amines) is 1. The first-order valence-electron chi connectivity index (χ1n) is 8.61. The number of nitrogens with zero attached hydrogens (tertiary/aromatic N) is 1. The van der Waals surface area contributed by atoms with Crippen molar-refractivity contribution in [1.29, 1.82) is 0 Å². The first-order chi connectivity index (χ1) is 12.5. The molecule has 0 atom stereocenters. The summed E-state index contributed by atoms with van der Waals surface area (Å²) >= 11 is 0. The fourth-order valence-corrected chi connectivity index (χ4v) is 2.81. The summed E-state index contributed by atoms with van der Waals surface area (Å²) in [5.74, 6) is 0.192. The molecule has 0 unspecified atom stereocenters. The SMILES string of the molecule is CC1CCN(C(=O)COC(=O)COc2ccc3ccc(=O)oc3c2)CC1. The Morgan fingerprint density at radius 2 is 1.88 bits per heavy atom. The Balaban J connectivity index is 1.46. The van der Waals surface area contributed by atoms with Gasteiger partial charge >= 0.3 is 11.6 Å². The zero-order chi connectivity index (χ0) is 18.5. The van der Waals surface area contributed by atoms with E-state index in [4.69, 9.17) is 13.9 Å². The molecule has 1 saturated heterocycles. The lowest BCUT2D eigenvalue weighted by Gasteiger charge is -2.30. The fraction of sp³-hybridized carbons (Fsp3) is 0.421. The van der Waals surface area contributed by atoms with E-state index in [1.54, 1.807) is 23.1 Å². The Morgan fingerprint density at radius 3 is 2.65 bits per heavy atom. The molecule has 2 heterocycles. The van der Waals surface area contributed by atoms with Crippen LogP contribution in [0.4, 0.5) is 0 Å². The predicted molar refractivity (Wildman–Crippen MR) is 93.9 cm³/mol. The molecule has 0 spiro atoms. The minimum atomic E-state index is -0.627. The minimum Gasteiger partial charge on any atom is -0.482 e. The summed E-state index contributed by atoms with van der Waals surface area (Å²) in [6.45, 7) is 2.97. The molecule has 0 aliphatic carbocycles. The van der Waals surface area contributed by atoms with Gasteiger partial charge in [-0.1, -0.05) is 6.92 Å². The second kappa shape index (κ2) is 8.03. The van der Waals surface area contributed by atoms with Crippen LogP contribution in [0.15, 0.2) is 39.5 Å². The van der Waals surface area contributed by atoms with Crippen molar-refractivity contribution in [3.8, 4) is 5.75 Å². The van der Waals surface area contributed by atoms with Crippen LogP contribution in [0.5, 0.6) is 5.75 Å². The molecule has 26 heavy (non-hydrogen) atoms. The maximum atomic E-state index is 12.0. The molecule has 1 amide bonds. The lowest BCUT2D eigenvalue weighted by atomic mass is 9.99. The first kappa shape index (κ1) is 18.0. The van der Waals surface area contributed by atoms with E-state index in [1.807, 2.05) is 0 Å². The highest BCUT2D eigenvalue weighted by Crippen LogP contribution is 2.19. The van der Waals surface area contributed by atoms with Gasteiger partial charge in [0.1, 0.15) is 11.3 Å². The number of amides is 1. The van der Waals surface area contributed by atoms with E-state index < -0.39 is 11.6 Å². The number of benzene rings is 1. The summed E-state index contributed by atoms with van der Waals surface area (Å²) in [5, 5.41) is 0.751. The van der Waals surface area contributed by atoms with Crippen LogP contribution in [0, 0.1) is 5.92 Å². The molecular weight excluding hydrogens is 338 g/mol. The van der Waals surface area contributed by atoms with Gasteiger partial charge in [-0.25, -0.2) is 9.59 Å². The lowest BCUT2D eigenvalue weighted by Crippen LogP contribution is -2.40. The maximum absolute atomic E-state index is 12.0. The fourth-order valence-electron chi connectivity index (χ4n) is 2.81. The molecule has 1 aromatic heterocycles. The van der Waals surface area contributed by atoms with Crippen LogP contribution in [0.3, 0.4) is 0 Å². The highest BCUT2D eigenvalue weighted by molar-refractivity contribution is 5.81. The molecule has 1 fully saturated rings.